The van der Waals surface area contributed by atoms with Gasteiger partial charge in [0.15, 0.2) is 0 Å². The van der Waals surface area contributed by atoms with Crippen molar-refractivity contribution in [2.24, 2.45) is 5.41 Å². The smallest absolute Gasteiger partial charge is 0.0645 e. The van der Waals surface area contributed by atoms with Crippen LogP contribution in [0.5, 0.6) is 0 Å². The summed E-state index contributed by atoms with van der Waals surface area (Å²) in [5.74, 6) is 0. The van der Waals surface area contributed by atoms with Crippen LogP contribution in [0.4, 0.5) is 0 Å². The molecule has 0 saturated heterocycles. The van der Waals surface area contributed by atoms with E-state index in [0.29, 0.717) is 6.04 Å². The van der Waals surface area contributed by atoms with E-state index >= 15 is 0 Å². The van der Waals surface area contributed by atoms with E-state index in [0.717, 1.165) is 51.0 Å². The van der Waals surface area contributed by atoms with Crippen LogP contribution in [0.15, 0.2) is 54.1 Å². The number of nitrogens with one attached hydrogen (secondary N) is 1. The van der Waals surface area contributed by atoms with Gasteiger partial charge in [0.2, 0.25) is 0 Å². The van der Waals surface area contributed by atoms with E-state index in [1.54, 1.807) is 0 Å². The number of hydrogen-bond donors (Lipinski definition) is 3. The Bertz CT molecular complexity index is 599. The third-order valence-corrected chi connectivity index (χ3v) is 5.49. The number of hydrogen-bond acceptors (Lipinski definition) is 4. The molecule has 2 rings (SSSR count). The summed E-state index contributed by atoms with van der Waals surface area (Å²) in [6.07, 6.45) is 12.3. The van der Waals surface area contributed by atoms with Gasteiger partial charge in [0.05, 0.1) is 19.8 Å². The summed E-state index contributed by atoms with van der Waals surface area (Å²) in [7, 11) is 0. The Kier molecular flexibility index (Phi) is 10.5. The van der Waals surface area contributed by atoms with Gasteiger partial charge in [-0.2, -0.15) is 0 Å². The van der Waals surface area contributed by atoms with Crippen molar-refractivity contribution < 1.29 is 14.9 Å². The molecule has 0 amide bonds. The lowest BCUT2D eigenvalue weighted by molar-refractivity contribution is 0.132. The molecule has 0 fully saturated rings. The van der Waals surface area contributed by atoms with Crippen LogP contribution < -0.4 is 5.32 Å². The minimum absolute atomic E-state index is 0.0645. The molecule has 1 aliphatic carbocycles. The van der Waals surface area contributed by atoms with Gasteiger partial charge >= 0.3 is 0 Å². The Hall–Kier alpha value is -1.46. The number of rotatable bonds is 14. The Morgan fingerprint density at radius 3 is 2.68 bits per heavy atom. The fraction of sp³-hybridized carbons (Fsp3) is 0.583. The highest BCUT2D eigenvalue weighted by atomic mass is 16.5. The largest absolute Gasteiger partial charge is 0.395 e. The molecule has 4 nitrogen and oxygen atoms in total. The van der Waals surface area contributed by atoms with Crippen molar-refractivity contribution >= 4 is 0 Å². The standard InChI is InChI=1S/C24H37NO3/c1-21(25-19-24(20-27)14-8-12-23(17-24)18-26)9-4-3-7-15-28-16-13-22-10-5-2-6-11-22/h2,5-6,8,10-12,14,21,25-27H,3-4,7,9,13,15-20H2,1H3. The predicted molar refractivity (Wildman–Crippen MR) is 115 cm³/mol. The predicted octanol–water partition coefficient (Wildman–Crippen LogP) is 3.64. The zero-order chi connectivity index (χ0) is 20.1. The molecule has 3 N–H and O–H groups in total. The number of unbranched alkanes of at least 4 members (excludes halogenated alkanes) is 2. The van der Waals surface area contributed by atoms with Gasteiger partial charge < -0.3 is 20.3 Å². The normalized spacial score (nSPS) is 20.2. The van der Waals surface area contributed by atoms with Crippen LogP contribution in [0.2, 0.25) is 0 Å². The van der Waals surface area contributed by atoms with Crippen LogP contribution in [0.25, 0.3) is 0 Å². The summed E-state index contributed by atoms with van der Waals surface area (Å²) in [5.41, 5.74) is 2.03. The summed E-state index contributed by atoms with van der Waals surface area (Å²) in [4.78, 5) is 0. The Morgan fingerprint density at radius 1 is 1.11 bits per heavy atom. The molecule has 156 valence electrons. The highest BCUT2D eigenvalue weighted by molar-refractivity contribution is 5.24. The topological polar surface area (TPSA) is 61.7 Å². The molecule has 0 bridgehead atoms. The summed E-state index contributed by atoms with van der Waals surface area (Å²) in [6, 6.07) is 10.9. The van der Waals surface area contributed by atoms with Crippen molar-refractivity contribution in [3.8, 4) is 0 Å². The second-order valence-corrected chi connectivity index (χ2v) is 8.02. The molecule has 1 aromatic rings. The zero-order valence-corrected chi connectivity index (χ0v) is 17.3. The van der Waals surface area contributed by atoms with Gasteiger partial charge in [0.25, 0.3) is 0 Å². The van der Waals surface area contributed by atoms with Crippen molar-refractivity contribution in [3.05, 3.63) is 59.7 Å². The fourth-order valence-electron chi connectivity index (χ4n) is 3.60. The molecule has 0 saturated carbocycles. The molecular weight excluding hydrogens is 350 g/mol. The van der Waals surface area contributed by atoms with Crippen molar-refractivity contribution in [2.45, 2.75) is 51.5 Å². The Labute approximate surface area is 170 Å². The fourth-order valence-corrected chi connectivity index (χ4v) is 3.60. The molecule has 0 radical (unpaired) electrons. The van der Waals surface area contributed by atoms with Gasteiger partial charge in [0, 0.05) is 24.6 Å². The molecule has 0 spiro atoms. The van der Waals surface area contributed by atoms with E-state index in [1.807, 2.05) is 18.2 Å². The van der Waals surface area contributed by atoms with Crippen molar-refractivity contribution in [3.63, 3.8) is 0 Å². The molecule has 0 heterocycles. The summed E-state index contributed by atoms with van der Waals surface area (Å²) in [5, 5.41) is 22.8. The van der Waals surface area contributed by atoms with Crippen molar-refractivity contribution in [2.75, 3.05) is 33.0 Å². The third kappa shape index (κ3) is 8.27. The van der Waals surface area contributed by atoms with Crippen LogP contribution in [-0.4, -0.2) is 49.2 Å². The van der Waals surface area contributed by atoms with Crippen molar-refractivity contribution in [1.29, 1.82) is 0 Å². The van der Waals surface area contributed by atoms with Gasteiger partial charge in [-0.1, -0.05) is 61.4 Å². The van der Waals surface area contributed by atoms with E-state index in [-0.39, 0.29) is 18.6 Å². The number of aliphatic hydroxyl groups is 2. The summed E-state index contributed by atoms with van der Waals surface area (Å²) < 4.78 is 5.74. The second kappa shape index (κ2) is 12.9. The SMILES string of the molecule is CC(CCCCCOCCc1ccccc1)NCC1(CO)C=CC=C(CO)C1. The first kappa shape index (κ1) is 22.8. The first-order valence-electron chi connectivity index (χ1n) is 10.6. The van der Waals surface area contributed by atoms with Crippen LogP contribution >= 0.6 is 0 Å². The number of benzene rings is 1. The van der Waals surface area contributed by atoms with Crippen molar-refractivity contribution in [1.82, 2.24) is 5.32 Å². The molecule has 1 aliphatic rings. The van der Waals surface area contributed by atoms with E-state index in [1.165, 1.54) is 18.4 Å². The summed E-state index contributed by atoms with van der Waals surface area (Å²) in [6.45, 7) is 4.74. The molecule has 2 atom stereocenters. The average Bonchev–Trinajstić information content (AvgIpc) is 2.75. The number of allylic oxidation sites excluding steroid dienone is 2. The van der Waals surface area contributed by atoms with Gasteiger partial charge in [0.1, 0.15) is 0 Å². The highest BCUT2D eigenvalue weighted by Gasteiger charge is 2.29. The lowest BCUT2D eigenvalue weighted by Crippen LogP contribution is -2.41. The lowest BCUT2D eigenvalue weighted by Gasteiger charge is -2.33. The Balaban J connectivity index is 1.50. The minimum atomic E-state index is -0.284. The molecule has 4 heteroatoms. The van der Waals surface area contributed by atoms with Crippen LogP contribution in [-0.2, 0) is 11.2 Å². The third-order valence-electron chi connectivity index (χ3n) is 5.49. The lowest BCUT2D eigenvalue weighted by atomic mass is 9.79. The monoisotopic (exact) mass is 387 g/mol. The van der Waals surface area contributed by atoms with E-state index in [9.17, 15) is 10.2 Å². The highest BCUT2D eigenvalue weighted by Crippen LogP contribution is 2.30. The minimum Gasteiger partial charge on any atom is -0.395 e. The van der Waals surface area contributed by atoms with Crippen LogP contribution in [0.1, 0.15) is 44.6 Å². The van der Waals surface area contributed by atoms with E-state index < -0.39 is 0 Å². The first-order valence-corrected chi connectivity index (χ1v) is 10.6. The van der Waals surface area contributed by atoms with E-state index in [4.69, 9.17) is 4.74 Å². The number of ether oxygens (including phenoxy) is 1. The average molecular weight is 388 g/mol. The van der Waals surface area contributed by atoms with Crippen LogP contribution in [0.3, 0.4) is 0 Å². The van der Waals surface area contributed by atoms with Gasteiger partial charge in [-0.15, -0.1) is 0 Å². The molecule has 0 aliphatic heterocycles. The Morgan fingerprint density at radius 2 is 1.93 bits per heavy atom. The molecule has 1 aromatic carbocycles. The van der Waals surface area contributed by atoms with Gasteiger partial charge in [-0.25, -0.2) is 0 Å². The van der Waals surface area contributed by atoms with E-state index in [2.05, 4.69) is 42.6 Å². The van der Waals surface area contributed by atoms with Gasteiger partial charge in [-0.3, -0.25) is 0 Å². The maximum atomic E-state index is 9.84. The maximum Gasteiger partial charge on any atom is 0.0645 e. The first-order chi connectivity index (χ1) is 13.7. The summed E-state index contributed by atoms with van der Waals surface area (Å²) >= 11 is 0. The molecule has 2 unspecified atom stereocenters. The second-order valence-electron chi connectivity index (χ2n) is 8.02. The number of aliphatic hydroxyl groups excluding tert-OH is 2. The zero-order valence-electron chi connectivity index (χ0n) is 17.3. The van der Waals surface area contributed by atoms with Crippen LogP contribution in [0, 0.1) is 5.41 Å². The molecular formula is C24H37NO3. The maximum absolute atomic E-state index is 9.84. The molecule has 28 heavy (non-hydrogen) atoms. The quantitative estimate of drug-likeness (QED) is 0.427. The van der Waals surface area contributed by atoms with Gasteiger partial charge in [-0.05, 0) is 43.7 Å². The molecule has 0 aromatic heterocycles.